The second kappa shape index (κ2) is 5.76. The summed E-state index contributed by atoms with van der Waals surface area (Å²) in [5.74, 6) is 0.652. The number of aryl methyl sites for hydroxylation is 1. The van der Waals surface area contributed by atoms with Gasteiger partial charge in [0.25, 0.3) is 0 Å². The van der Waals surface area contributed by atoms with Crippen LogP contribution in [0, 0.1) is 12.7 Å². The van der Waals surface area contributed by atoms with Gasteiger partial charge in [-0.15, -0.1) is 0 Å². The Morgan fingerprint density at radius 1 is 1.35 bits per heavy atom. The Hall–Kier alpha value is -1.03. The van der Waals surface area contributed by atoms with Gasteiger partial charge in [0.15, 0.2) is 5.78 Å². The molecule has 1 saturated heterocycles. The molecular weight excluding hydrogens is 273 g/mol. The van der Waals surface area contributed by atoms with Crippen molar-refractivity contribution in [2.75, 3.05) is 23.7 Å². The molecule has 0 spiro atoms. The van der Waals surface area contributed by atoms with Crippen LogP contribution in [-0.4, -0.2) is 29.4 Å². The summed E-state index contributed by atoms with van der Waals surface area (Å²) in [5.41, 5.74) is 1.98. The molecule has 0 N–H and O–H groups in total. The first kappa shape index (κ1) is 15.4. The molecule has 0 amide bonds. The van der Waals surface area contributed by atoms with Crippen LogP contribution in [0.2, 0.25) is 0 Å². The number of anilines is 1. The maximum absolute atomic E-state index is 13.7. The van der Waals surface area contributed by atoms with Crippen LogP contribution in [0.5, 0.6) is 0 Å². The van der Waals surface area contributed by atoms with Gasteiger partial charge in [0.2, 0.25) is 0 Å². The minimum Gasteiger partial charge on any atom is -0.370 e. The number of carbonyl (C=O) groups excluding carboxylic acids is 1. The highest BCUT2D eigenvalue weighted by Gasteiger charge is 2.25. The lowest BCUT2D eigenvalue weighted by Crippen LogP contribution is -2.28. The Labute approximate surface area is 124 Å². The molecular formula is C16H22FNOS. The van der Waals surface area contributed by atoms with Gasteiger partial charge in [-0.05, 0) is 38.0 Å². The second-order valence-electron chi connectivity index (χ2n) is 6.02. The van der Waals surface area contributed by atoms with E-state index in [0.717, 1.165) is 31.0 Å². The number of carbonyl (C=O) groups is 1. The summed E-state index contributed by atoms with van der Waals surface area (Å²) in [6, 6.07) is 3.20. The maximum atomic E-state index is 13.7. The summed E-state index contributed by atoms with van der Waals surface area (Å²) in [7, 11) is 0. The van der Waals surface area contributed by atoms with Crippen LogP contribution in [0.15, 0.2) is 12.1 Å². The Balaban J connectivity index is 2.36. The first-order valence-electron chi connectivity index (χ1n) is 7.00. The van der Waals surface area contributed by atoms with Gasteiger partial charge in [0.05, 0.1) is 0 Å². The molecule has 1 aliphatic rings. The van der Waals surface area contributed by atoms with Crippen molar-refractivity contribution >= 4 is 23.2 Å². The Kier molecular flexibility index (Phi) is 4.43. The predicted octanol–water partition coefficient (Wildman–Crippen LogP) is 4.06. The lowest BCUT2D eigenvalue weighted by molar-refractivity contribution is 0.101. The fourth-order valence-corrected chi connectivity index (χ4v) is 3.57. The van der Waals surface area contributed by atoms with E-state index in [1.54, 1.807) is 6.92 Å². The number of Topliss-reactive ketones (excluding diaryl/α,β-unsaturated/α-hetero) is 1. The minimum absolute atomic E-state index is 0.0740. The molecule has 0 bridgehead atoms. The molecule has 1 aliphatic heterocycles. The number of thioether (sulfide) groups is 1. The molecule has 1 aromatic rings. The average molecular weight is 295 g/mol. The summed E-state index contributed by atoms with van der Waals surface area (Å²) < 4.78 is 14.0. The van der Waals surface area contributed by atoms with Crippen molar-refractivity contribution in [3.63, 3.8) is 0 Å². The van der Waals surface area contributed by atoms with Crippen molar-refractivity contribution < 1.29 is 9.18 Å². The quantitative estimate of drug-likeness (QED) is 0.767. The number of rotatable bonds is 2. The molecule has 0 atom stereocenters. The number of ketones is 1. The smallest absolute Gasteiger partial charge is 0.161 e. The van der Waals surface area contributed by atoms with E-state index in [1.807, 2.05) is 17.8 Å². The van der Waals surface area contributed by atoms with E-state index in [9.17, 15) is 9.18 Å². The van der Waals surface area contributed by atoms with E-state index < -0.39 is 0 Å². The topological polar surface area (TPSA) is 20.3 Å². The van der Waals surface area contributed by atoms with Crippen molar-refractivity contribution in [1.82, 2.24) is 0 Å². The zero-order chi connectivity index (χ0) is 14.9. The van der Waals surface area contributed by atoms with E-state index in [1.165, 1.54) is 13.0 Å². The summed E-state index contributed by atoms with van der Waals surface area (Å²) >= 11 is 1.96. The van der Waals surface area contributed by atoms with Gasteiger partial charge in [-0.3, -0.25) is 4.79 Å². The molecule has 0 saturated carbocycles. The number of halogens is 1. The lowest BCUT2D eigenvalue weighted by Gasteiger charge is -2.26. The SMILES string of the molecule is CC(=O)c1cc(F)c(C)cc1N1CCSC(C)(C)CC1. The molecule has 4 heteroatoms. The van der Waals surface area contributed by atoms with Gasteiger partial charge in [0, 0.05) is 34.8 Å². The summed E-state index contributed by atoms with van der Waals surface area (Å²) in [6.45, 7) is 9.57. The zero-order valence-electron chi connectivity index (χ0n) is 12.6. The standard InChI is InChI=1S/C16H22FNOS/c1-11-9-15(13(12(2)19)10-14(11)17)18-6-5-16(3,4)20-8-7-18/h9-10H,5-8H2,1-4H3. The second-order valence-corrected chi connectivity index (χ2v) is 7.82. The van der Waals surface area contributed by atoms with E-state index >= 15 is 0 Å². The third-order valence-electron chi connectivity index (χ3n) is 3.83. The number of hydrogen-bond donors (Lipinski definition) is 0. The molecule has 0 aromatic heterocycles. The van der Waals surface area contributed by atoms with Crippen LogP contribution in [-0.2, 0) is 0 Å². The number of benzene rings is 1. The molecule has 0 unspecified atom stereocenters. The van der Waals surface area contributed by atoms with Crippen molar-refractivity contribution in [2.24, 2.45) is 0 Å². The van der Waals surface area contributed by atoms with Gasteiger partial charge < -0.3 is 4.90 Å². The van der Waals surface area contributed by atoms with Crippen LogP contribution in [0.3, 0.4) is 0 Å². The van der Waals surface area contributed by atoms with Crippen LogP contribution in [0.1, 0.15) is 43.1 Å². The maximum Gasteiger partial charge on any atom is 0.161 e. The summed E-state index contributed by atoms with van der Waals surface area (Å²) in [6.07, 6.45) is 1.06. The van der Waals surface area contributed by atoms with Gasteiger partial charge >= 0.3 is 0 Å². The summed E-state index contributed by atoms with van der Waals surface area (Å²) in [4.78, 5) is 14.0. The first-order valence-corrected chi connectivity index (χ1v) is 7.99. The Morgan fingerprint density at radius 2 is 2.05 bits per heavy atom. The largest absolute Gasteiger partial charge is 0.370 e. The van der Waals surface area contributed by atoms with Crippen LogP contribution in [0.4, 0.5) is 10.1 Å². The van der Waals surface area contributed by atoms with Crippen molar-refractivity contribution in [3.8, 4) is 0 Å². The molecule has 0 aliphatic carbocycles. The average Bonchev–Trinajstić information content (AvgIpc) is 2.53. The highest BCUT2D eigenvalue weighted by atomic mass is 32.2. The van der Waals surface area contributed by atoms with E-state index in [4.69, 9.17) is 0 Å². The van der Waals surface area contributed by atoms with Gasteiger partial charge in [0.1, 0.15) is 5.82 Å². The van der Waals surface area contributed by atoms with Gasteiger partial charge in [-0.25, -0.2) is 4.39 Å². The highest BCUT2D eigenvalue weighted by molar-refractivity contribution is 8.00. The molecule has 20 heavy (non-hydrogen) atoms. The summed E-state index contributed by atoms with van der Waals surface area (Å²) in [5, 5.41) is 0. The molecule has 1 aromatic carbocycles. The molecule has 2 rings (SSSR count). The highest BCUT2D eigenvalue weighted by Crippen LogP contribution is 2.34. The van der Waals surface area contributed by atoms with E-state index in [-0.39, 0.29) is 16.3 Å². The van der Waals surface area contributed by atoms with E-state index in [2.05, 4.69) is 18.7 Å². The molecule has 0 radical (unpaired) electrons. The monoisotopic (exact) mass is 295 g/mol. The Bertz CT molecular complexity index is 527. The minimum atomic E-state index is -0.302. The molecule has 1 heterocycles. The number of nitrogens with zero attached hydrogens (tertiary/aromatic N) is 1. The third-order valence-corrected chi connectivity index (χ3v) is 5.21. The Morgan fingerprint density at radius 3 is 2.70 bits per heavy atom. The van der Waals surface area contributed by atoms with Crippen LogP contribution >= 0.6 is 11.8 Å². The van der Waals surface area contributed by atoms with Crippen LogP contribution in [0.25, 0.3) is 0 Å². The molecule has 1 fully saturated rings. The molecule has 110 valence electrons. The van der Waals surface area contributed by atoms with Crippen molar-refractivity contribution in [3.05, 3.63) is 29.1 Å². The third kappa shape index (κ3) is 3.35. The lowest BCUT2D eigenvalue weighted by atomic mass is 10.0. The normalized spacial score (nSPS) is 18.8. The molecule has 2 nitrogen and oxygen atoms in total. The predicted molar refractivity (Wildman–Crippen MR) is 84.5 cm³/mol. The van der Waals surface area contributed by atoms with E-state index in [0.29, 0.717) is 11.1 Å². The first-order chi connectivity index (χ1) is 9.30. The van der Waals surface area contributed by atoms with Crippen LogP contribution < -0.4 is 4.90 Å². The fraction of sp³-hybridized carbons (Fsp3) is 0.562. The fourth-order valence-electron chi connectivity index (χ4n) is 2.47. The van der Waals surface area contributed by atoms with Crippen molar-refractivity contribution in [1.29, 1.82) is 0 Å². The van der Waals surface area contributed by atoms with Gasteiger partial charge in [-0.2, -0.15) is 11.8 Å². The zero-order valence-corrected chi connectivity index (χ0v) is 13.4. The van der Waals surface area contributed by atoms with Crippen molar-refractivity contribution in [2.45, 2.75) is 38.9 Å². The van der Waals surface area contributed by atoms with Gasteiger partial charge in [-0.1, -0.05) is 13.8 Å². The number of hydrogen-bond acceptors (Lipinski definition) is 3.